The van der Waals surface area contributed by atoms with Gasteiger partial charge in [0.1, 0.15) is 5.01 Å². The maximum Gasteiger partial charge on any atom is 0.395 e. The summed E-state index contributed by atoms with van der Waals surface area (Å²) in [6.07, 6.45) is -3.84. The van der Waals surface area contributed by atoms with E-state index in [2.05, 4.69) is 4.98 Å². The third-order valence-corrected chi connectivity index (χ3v) is 3.52. The Morgan fingerprint density at radius 1 is 1.31 bits per heavy atom. The highest BCUT2D eigenvalue weighted by Crippen LogP contribution is 2.29. The number of aromatic nitrogens is 1. The summed E-state index contributed by atoms with van der Waals surface area (Å²) < 4.78 is 36.4. The van der Waals surface area contributed by atoms with E-state index in [0.29, 0.717) is 18.5 Å². The van der Waals surface area contributed by atoms with E-state index in [1.807, 2.05) is 13.8 Å². The van der Waals surface area contributed by atoms with Gasteiger partial charge in [0.15, 0.2) is 0 Å². The Hall–Kier alpha value is -0.620. The Labute approximate surface area is 96.7 Å². The molecule has 0 atom stereocenters. The summed E-state index contributed by atoms with van der Waals surface area (Å²) in [5.41, 5.74) is 6.03. The van der Waals surface area contributed by atoms with Gasteiger partial charge in [-0.15, -0.1) is 11.3 Å². The minimum Gasteiger partial charge on any atom is -0.320 e. The first-order valence-electron chi connectivity index (χ1n) is 5.11. The third-order valence-electron chi connectivity index (χ3n) is 2.68. The lowest BCUT2D eigenvalue weighted by Gasteiger charge is -2.24. The first kappa shape index (κ1) is 13.4. The van der Waals surface area contributed by atoms with Gasteiger partial charge in [0.05, 0.1) is 17.7 Å². The SMILES string of the molecule is CCC(N)(CC)c1csc(CC(F)(F)F)n1. The third kappa shape index (κ3) is 3.18. The molecule has 0 aliphatic heterocycles. The lowest BCUT2D eigenvalue weighted by atomic mass is 9.91. The summed E-state index contributed by atoms with van der Waals surface area (Å²) >= 11 is 1.02. The molecule has 0 radical (unpaired) electrons. The number of hydrogen-bond acceptors (Lipinski definition) is 3. The number of rotatable bonds is 4. The lowest BCUT2D eigenvalue weighted by molar-refractivity contribution is -0.127. The van der Waals surface area contributed by atoms with E-state index < -0.39 is 18.1 Å². The second-order valence-electron chi connectivity index (χ2n) is 3.78. The first-order chi connectivity index (χ1) is 7.30. The number of nitrogens with two attached hydrogens (primary N) is 1. The van der Waals surface area contributed by atoms with Crippen LogP contribution >= 0.6 is 11.3 Å². The number of hydrogen-bond donors (Lipinski definition) is 1. The summed E-state index contributed by atoms with van der Waals surface area (Å²) in [6, 6.07) is 0. The highest BCUT2D eigenvalue weighted by atomic mass is 32.1. The van der Waals surface area contributed by atoms with Crippen LogP contribution in [0.3, 0.4) is 0 Å². The van der Waals surface area contributed by atoms with Crippen LogP contribution in [0.5, 0.6) is 0 Å². The van der Waals surface area contributed by atoms with Crippen molar-refractivity contribution < 1.29 is 13.2 Å². The molecule has 0 aliphatic rings. The van der Waals surface area contributed by atoms with Crippen LogP contribution in [0.1, 0.15) is 37.4 Å². The van der Waals surface area contributed by atoms with Crippen molar-refractivity contribution in [1.82, 2.24) is 4.98 Å². The Bertz CT molecular complexity index is 342. The zero-order valence-electron chi connectivity index (χ0n) is 9.27. The normalized spacial score (nSPS) is 13.1. The molecule has 92 valence electrons. The van der Waals surface area contributed by atoms with Crippen LogP contribution in [-0.2, 0) is 12.0 Å². The van der Waals surface area contributed by atoms with Gasteiger partial charge in [0.2, 0.25) is 0 Å². The average molecular weight is 252 g/mol. The van der Waals surface area contributed by atoms with Crippen molar-refractivity contribution in [1.29, 1.82) is 0 Å². The van der Waals surface area contributed by atoms with Gasteiger partial charge >= 0.3 is 6.18 Å². The number of thiazole rings is 1. The van der Waals surface area contributed by atoms with Gasteiger partial charge in [0.25, 0.3) is 0 Å². The summed E-state index contributed by atoms with van der Waals surface area (Å²) in [5, 5.41) is 1.72. The minimum atomic E-state index is -4.20. The standard InChI is InChI=1S/C10H15F3N2S/c1-3-9(14,4-2)7-6-16-8(15-7)5-10(11,12)13/h6H,3-5,14H2,1-2H3. The zero-order valence-corrected chi connectivity index (χ0v) is 10.1. The van der Waals surface area contributed by atoms with E-state index in [1.165, 1.54) is 0 Å². The molecule has 0 saturated carbocycles. The highest BCUT2D eigenvalue weighted by molar-refractivity contribution is 7.09. The Kier molecular flexibility index (Phi) is 3.96. The molecule has 2 nitrogen and oxygen atoms in total. The summed E-state index contributed by atoms with van der Waals surface area (Å²) in [5.74, 6) is 0. The molecule has 1 aromatic rings. The average Bonchev–Trinajstić information content (AvgIpc) is 2.63. The van der Waals surface area contributed by atoms with Crippen LogP contribution < -0.4 is 5.73 Å². The second kappa shape index (κ2) is 4.71. The maximum absolute atomic E-state index is 12.1. The fraction of sp³-hybridized carbons (Fsp3) is 0.700. The summed E-state index contributed by atoms with van der Waals surface area (Å²) in [7, 11) is 0. The van der Waals surface area contributed by atoms with Crippen LogP contribution in [0, 0.1) is 0 Å². The molecule has 0 amide bonds. The van der Waals surface area contributed by atoms with Gasteiger partial charge in [-0.05, 0) is 12.8 Å². The Morgan fingerprint density at radius 3 is 2.31 bits per heavy atom. The van der Waals surface area contributed by atoms with Crippen LogP contribution in [0.2, 0.25) is 0 Å². The quantitative estimate of drug-likeness (QED) is 0.893. The maximum atomic E-state index is 12.1. The van der Waals surface area contributed by atoms with E-state index in [0.717, 1.165) is 11.3 Å². The fourth-order valence-corrected chi connectivity index (χ4v) is 2.34. The number of halogens is 3. The van der Waals surface area contributed by atoms with Crippen molar-refractivity contribution in [3.63, 3.8) is 0 Å². The number of alkyl halides is 3. The van der Waals surface area contributed by atoms with Crippen molar-refractivity contribution in [3.8, 4) is 0 Å². The fourth-order valence-electron chi connectivity index (χ4n) is 1.40. The van der Waals surface area contributed by atoms with E-state index in [1.54, 1.807) is 5.38 Å². The smallest absolute Gasteiger partial charge is 0.320 e. The van der Waals surface area contributed by atoms with Gasteiger partial charge in [-0.3, -0.25) is 0 Å². The lowest BCUT2D eigenvalue weighted by Crippen LogP contribution is -2.35. The van der Waals surface area contributed by atoms with Crippen molar-refractivity contribution in [2.24, 2.45) is 5.73 Å². The molecule has 16 heavy (non-hydrogen) atoms. The molecule has 1 heterocycles. The topological polar surface area (TPSA) is 38.9 Å². The second-order valence-corrected chi connectivity index (χ2v) is 4.72. The predicted molar refractivity (Wildman–Crippen MR) is 58.3 cm³/mol. The highest BCUT2D eigenvalue weighted by Gasteiger charge is 2.31. The monoisotopic (exact) mass is 252 g/mol. The van der Waals surface area contributed by atoms with Gasteiger partial charge in [-0.1, -0.05) is 13.8 Å². The zero-order chi connectivity index (χ0) is 12.4. The van der Waals surface area contributed by atoms with E-state index in [4.69, 9.17) is 5.73 Å². The minimum absolute atomic E-state index is 0.0826. The van der Waals surface area contributed by atoms with Crippen LogP contribution in [-0.4, -0.2) is 11.2 Å². The van der Waals surface area contributed by atoms with Crippen molar-refractivity contribution in [2.45, 2.75) is 44.8 Å². The van der Waals surface area contributed by atoms with E-state index in [-0.39, 0.29) is 5.01 Å². The molecule has 1 aromatic heterocycles. The molecular weight excluding hydrogens is 237 g/mol. The van der Waals surface area contributed by atoms with Gasteiger partial charge in [0, 0.05) is 5.38 Å². The molecule has 0 unspecified atom stereocenters. The molecule has 0 spiro atoms. The van der Waals surface area contributed by atoms with Crippen molar-refractivity contribution >= 4 is 11.3 Å². The van der Waals surface area contributed by atoms with Gasteiger partial charge in [-0.25, -0.2) is 4.98 Å². The molecule has 1 rings (SSSR count). The molecule has 2 N–H and O–H groups in total. The van der Waals surface area contributed by atoms with Crippen molar-refractivity contribution in [2.75, 3.05) is 0 Å². The molecule has 0 saturated heterocycles. The van der Waals surface area contributed by atoms with Crippen LogP contribution in [0.25, 0.3) is 0 Å². The first-order valence-corrected chi connectivity index (χ1v) is 5.99. The van der Waals surface area contributed by atoms with Crippen LogP contribution in [0.4, 0.5) is 13.2 Å². The van der Waals surface area contributed by atoms with Crippen molar-refractivity contribution in [3.05, 3.63) is 16.1 Å². The van der Waals surface area contributed by atoms with E-state index in [9.17, 15) is 13.2 Å². The Morgan fingerprint density at radius 2 is 1.88 bits per heavy atom. The molecule has 0 fully saturated rings. The molecule has 0 aromatic carbocycles. The van der Waals surface area contributed by atoms with Gasteiger partial charge in [-0.2, -0.15) is 13.2 Å². The molecule has 6 heteroatoms. The van der Waals surface area contributed by atoms with Crippen LogP contribution in [0.15, 0.2) is 5.38 Å². The Balaban J connectivity index is 2.86. The summed E-state index contributed by atoms with van der Waals surface area (Å²) in [4.78, 5) is 3.98. The molecular formula is C10H15F3N2S. The van der Waals surface area contributed by atoms with Gasteiger partial charge < -0.3 is 5.73 Å². The number of nitrogens with zero attached hydrogens (tertiary/aromatic N) is 1. The predicted octanol–water partition coefficient (Wildman–Crippen LogP) is 3.22. The molecule has 0 aliphatic carbocycles. The molecule has 0 bridgehead atoms. The largest absolute Gasteiger partial charge is 0.395 e. The summed E-state index contributed by atoms with van der Waals surface area (Å²) in [6.45, 7) is 3.82. The van der Waals surface area contributed by atoms with E-state index >= 15 is 0 Å².